The van der Waals surface area contributed by atoms with E-state index < -0.39 is 0 Å². The van der Waals surface area contributed by atoms with Crippen LogP contribution in [0.3, 0.4) is 0 Å². The van der Waals surface area contributed by atoms with Crippen LogP contribution in [-0.4, -0.2) is 0 Å². The fraction of sp³-hybridized carbons (Fsp3) is 0.263. The maximum absolute atomic E-state index is 5.54. The van der Waals surface area contributed by atoms with Crippen molar-refractivity contribution in [1.82, 2.24) is 0 Å². The van der Waals surface area contributed by atoms with Gasteiger partial charge in [-0.15, -0.1) is 0 Å². The van der Waals surface area contributed by atoms with E-state index >= 15 is 0 Å². The number of rotatable bonds is 4. The maximum Gasteiger partial charge on any atom is 0.153 e. The van der Waals surface area contributed by atoms with E-state index in [4.69, 9.17) is 10.7 Å². The van der Waals surface area contributed by atoms with Crippen LogP contribution in [-0.2, 0) is 10.3 Å². The first-order chi connectivity index (χ1) is 10.2. The fourth-order valence-corrected chi connectivity index (χ4v) is 3.27. The highest BCUT2D eigenvalue weighted by Crippen LogP contribution is 2.58. The minimum atomic E-state index is 0.198. The lowest BCUT2D eigenvalue weighted by Crippen LogP contribution is -2.08. The van der Waals surface area contributed by atoms with Crippen molar-refractivity contribution in [2.24, 2.45) is 11.8 Å². The second-order valence-electron chi connectivity index (χ2n) is 6.04. The number of hydrogen-bond donors (Lipinski definition) is 1. The second-order valence-corrected chi connectivity index (χ2v) is 6.04. The van der Waals surface area contributed by atoms with Gasteiger partial charge in [-0.3, -0.25) is 0 Å². The predicted octanol–water partition coefficient (Wildman–Crippen LogP) is 4.29. The summed E-state index contributed by atoms with van der Waals surface area (Å²) in [4.78, 5) is 5.21. The van der Waals surface area contributed by atoms with E-state index in [1.807, 2.05) is 30.3 Å². The minimum Gasteiger partial charge on any atom is -0.411 e. The zero-order chi connectivity index (χ0) is 14.9. The SMILES string of the molecule is C/C(=C(\ON)c1ccccc1)C1CC1(C)c1ccccc1. The van der Waals surface area contributed by atoms with E-state index in [-0.39, 0.29) is 5.41 Å². The van der Waals surface area contributed by atoms with Crippen molar-refractivity contribution in [2.75, 3.05) is 0 Å². The lowest BCUT2D eigenvalue weighted by Gasteiger charge is -2.15. The molecule has 0 aliphatic heterocycles. The normalized spacial score (nSPS) is 25.2. The lowest BCUT2D eigenvalue weighted by atomic mass is 9.92. The summed E-state index contributed by atoms with van der Waals surface area (Å²) in [6.07, 6.45) is 1.14. The summed E-state index contributed by atoms with van der Waals surface area (Å²) >= 11 is 0. The molecule has 1 saturated carbocycles. The molecule has 0 amide bonds. The van der Waals surface area contributed by atoms with Gasteiger partial charge in [0.15, 0.2) is 5.76 Å². The fourth-order valence-electron chi connectivity index (χ4n) is 3.27. The van der Waals surface area contributed by atoms with E-state index in [2.05, 4.69) is 44.2 Å². The smallest absolute Gasteiger partial charge is 0.153 e. The van der Waals surface area contributed by atoms with Crippen LogP contribution in [0.15, 0.2) is 66.2 Å². The first-order valence-electron chi connectivity index (χ1n) is 7.35. The Balaban J connectivity index is 1.93. The molecule has 0 spiro atoms. The third kappa shape index (κ3) is 2.47. The van der Waals surface area contributed by atoms with Crippen molar-refractivity contribution in [3.05, 3.63) is 77.4 Å². The van der Waals surface area contributed by atoms with Crippen molar-refractivity contribution in [1.29, 1.82) is 0 Å². The predicted molar refractivity (Wildman–Crippen MR) is 86.2 cm³/mol. The monoisotopic (exact) mass is 279 g/mol. The van der Waals surface area contributed by atoms with E-state index in [1.54, 1.807) is 0 Å². The van der Waals surface area contributed by atoms with Gasteiger partial charge in [0.05, 0.1) is 0 Å². The quantitative estimate of drug-likeness (QED) is 0.669. The van der Waals surface area contributed by atoms with Gasteiger partial charge in [0.1, 0.15) is 0 Å². The molecule has 21 heavy (non-hydrogen) atoms. The van der Waals surface area contributed by atoms with Gasteiger partial charge in [-0.05, 0) is 35.8 Å². The van der Waals surface area contributed by atoms with Crippen LogP contribution in [0.25, 0.3) is 5.76 Å². The first kappa shape index (κ1) is 13.9. The number of allylic oxidation sites excluding steroid dienone is 1. The average Bonchev–Trinajstić information content (AvgIpc) is 3.23. The van der Waals surface area contributed by atoms with Crippen LogP contribution < -0.4 is 5.90 Å². The zero-order valence-electron chi connectivity index (χ0n) is 12.5. The average molecular weight is 279 g/mol. The molecule has 108 valence electrons. The molecular weight excluding hydrogens is 258 g/mol. The Bertz CT molecular complexity index is 648. The topological polar surface area (TPSA) is 35.2 Å². The van der Waals surface area contributed by atoms with E-state index in [0.717, 1.165) is 17.7 Å². The molecule has 2 aromatic rings. The van der Waals surface area contributed by atoms with Gasteiger partial charge in [0, 0.05) is 5.56 Å². The van der Waals surface area contributed by atoms with Crippen LogP contribution in [0.4, 0.5) is 0 Å². The highest BCUT2D eigenvalue weighted by molar-refractivity contribution is 5.64. The summed E-state index contributed by atoms with van der Waals surface area (Å²) in [5.41, 5.74) is 3.86. The largest absolute Gasteiger partial charge is 0.411 e. The molecule has 1 aliphatic carbocycles. The van der Waals surface area contributed by atoms with Crippen molar-refractivity contribution < 1.29 is 4.84 Å². The van der Waals surface area contributed by atoms with Crippen molar-refractivity contribution in [2.45, 2.75) is 25.7 Å². The van der Waals surface area contributed by atoms with Gasteiger partial charge >= 0.3 is 0 Å². The lowest BCUT2D eigenvalue weighted by molar-refractivity contribution is 0.286. The molecule has 0 radical (unpaired) electrons. The molecule has 2 aromatic carbocycles. The van der Waals surface area contributed by atoms with Crippen LogP contribution in [0.2, 0.25) is 0 Å². The number of benzene rings is 2. The van der Waals surface area contributed by atoms with Gasteiger partial charge in [0.25, 0.3) is 0 Å². The Hall–Kier alpha value is -2.06. The number of nitrogens with two attached hydrogens (primary N) is 1. The highest BCUT2D eigenvalue weighted by Gasteiger charge is 2.52. The summed E-state index contributed by atoms with van der Waals surface area (Å²) in [7, 11) is 0. The summed E-state index contributed by atoms with van der Waals surface area (Å²) in [5, 5.41) is 0. The molecule has 0 bridgehead atoms. The van der Waals surface area contributed by atoms with Gasteiger partial charge in [-0.2, -0.15) is 5.90 Å². The molecule has 3 rings (SSSR count). The van der Waals surface area contributed by atoms with Crippen LogP contribution in [0.5, 0.6) is 0 Å². The third-order valence-electron chi connectivity index (χ3n) is 4.71. The first-order valence-corrected chi connectivity index (χ1v) is 7.35. The van der Waals surface area contributed by atoms with Gasteiger partial charge < -0.3 is 4.84 Å². The number of hydrogen-bond acceptors (Lipinski definition) is 2. The van der Waals surface area contributed by atoms with Crippen LogP contribution in [0.1, 0.15) is 31.4 Å². The molecule has 2 N–H and O–H groups in total. The van der Waals surface area contributed by atoms with Gasteiger partial charge in [-0.1, -0.05) is 67.6 Å². The molecule has 2 atom stereocenters. The highest BCUT2D eigenvalue weighted by atomic mass is 16.6. The molecule has 0 saturated heterocycles. The molecule has 0 heterocycles. The summed E-state index contributed by atoms with van der Waals surface area (Å²) < 4.78 is 0. The van der Waals surface area contributed by atoms with Crippen molar-refractivity contribution in [3.63, 3.8) is 0 Å². The van der Waals surface area contributed by atoms with Gasteiger partial charge in [-0.25, -0.2) is 0 Å². The Kier molecular flexibility index (Phi) is 3.56. The molecule has 1 fully saturated rings. The Labute approximate surface area is 126 Å². The Morgan fingerprint density at radius 2 is 1.62 bits per heavy atom. The Morgan fingerprint density at radius 1 is 1.05 bits per heavy atom. The molecule has 2 nitrogen and oxygen atoms in total. The molecule has 0 aromatic heterocycles. The summed E-state index contributed by atoms with van der Waals surface area (Å²) in [6, 6.07) is 20.8. The maximum atomic E-state index is 5.54. The molecule has 2 heteroatoms. The third-order valence-corrected chi connectivity index (χ3v) is 4.71. The van der Waals surface area contributed by atoms with Crippen LogP contribution >= 0.6 is 0 Å². The standard InChI is InChI=1S/C19H21NO/c1-14(18(21-20)15-9-5-3-6-10-15)17-13-19(17,2)16-11-7-4-8-12-16/h3-12,17H,13,20H2,1-2H3/b18-14+. The summed E-state index contributed by atoms with van der Waals surface area (Å²) in [6.45, 7) is 4.45. The summed E-state index contributed by atoms with van der Waals surface area (Å²) in [5.74, 6) is 6.83. The molecular formula is C19H21NO. The van der Waals surface area contributed by atoms with E-state index in [9.17, 15) is 0 Å². The van der Waals surface area contributed by atoms with Gasteiger partial charge in [0.2, 0.25) is 0 Å². The van der Waals surface area contributed by atoms with E-state index in [1.165, 1.54) is 11.1 Å². The Morgan fingerprint density at radius 3 is 2.19 bits per heavy atom. The molecule has 1 aliphatic rings. The molecule has 2 unspecified atom stereocenters. The van der Waals surface area contributed by atoms with E-state index in [0.29, 0.717) is 5.92 Å². The second kappa shape index (κ2) is 5.38. The van der Waals surface area contributed by atoms with Crippen molar-refractivity contribution in [3.8, 4) is 0 Å². The van der Waals surface area contributed by atoms with Crippen LogP contribution in [0, 0.1) is 5.92 Å². The minimum absolute atomic E-state index is 0.198. The zero-order valence-corrected chi connectivity index (χ0v) is 12.5. The van der Waals surface area contributed by atoms with Crippen molar-refractivity contribution >= 4 is 5.76 Å².